The summed E-state index contributed by atoms with van der Waals surface area (Å²) in [5.41, 5.74) is 0.894. The van der Waals surface area contributed by atoms with Gasteiger partial charge in [-0.1, -0.05) is 12.1 Å². The molecule has 0 spiro atoms. The number of benzene rings is 1. The van der Waals surface area contributed by atoms with E-state index in [2.05, 4.69) is 4.98 Å². The van der Waals surface area contributed by atoms with Crippen LogP contribution in [-0.4, -0.2) is 17.2 Å². The maximum Gasteiger partial charge on any atom is 0.213 e. The van der Waals surface area contributed by atoms with Crippen LogP contribution in [0.2, 0.25) is 0 Å². The van der Waals surface area contributed by atoms with Crippen molar-refractivity contribution in [1.29, 1.82) is 0 Å². The van der Waals surface area contributed by atoms with E-state index in [1.165, 1.54) is 0 Å². The smallest absolute Gasteiger partial charge is 0.213 e. The first kappa shape index (κ1) is 8.97. The molecule has 0 bridgehead atoms. The van der Waals surface area contributed by atoms with Gasteiger partial charge >= 0.3 is 0 Å². The van der Waals surface area contributed by atoms with Crippen LogP contribution in [0.3, 0.4) is 0 Å². The van der Waals surface area contributed by atoms with Crippen molar-refractivity contribution in [2.45, 2.75) is 6.61 Å². The van der Waals surface area contributed by atoms with E-state index >= 15 is 0 Å². The molecule has 0 saturated heterocycles. The first-order chi connectivity index (χ1) is 6.83. The zero-order valence-electron chi connectivity index (χ0n) is 7.90. The maximum atomic E-state index is 8.98. The van der Waals surface area contributed by atoms with Crippen molar-refractivity contribution in [1.82, 2.24) is 4.98 Å². The van der Waals surface area contributed by atoms with Gasteiger partial charge in [0.1, 0.15) is 0 Å². The molecular formula is C11H11NO2. The molecule has 2 aromatic rings. The van der Waals surface area contributed by atoms with E-state index in [1.54, 1.807) is 13.3 Å². The first-order valence-corrected chi connectivity index (χ1v) is 4.37. The molecule has 0 fully saturated rings. The fourth-order valence-electron chi connectivity index (χ4n) is 1.38. The molecule has 1 aromatic carbocycles. The minimum Gasteiger partial charge on any atom is -0.481 e. The quantitative estimate of drug-likeness (QED) is 0.782. The van der Waals surface area contributed by atoms with Crippen molar-refractivity contribution >= 4 is 10.8 Å². The van der Waals surface area contributed by atoms with Gasteiger partial charge in [-0.2, -0.15) is 0 Å². The summed E-state index contributed by atoms with van der Waals surface area (Å²) in [5, 5.41) is 11.1. The fourth-order valence-corrected chi connectivity index (χ4v) is 1.38. The van der Waals surface area contributed by atoms with Crippen LogP contribution in [0.4, 0.5) is 0 Å². The van der Waals surface area contributed by atoms with E-state index in [0.717, 1.165) is 16.3 Å². The summed E-state index contributed by atoms with van der Waals surface area (Å²) in [6.45, 7) is 0.0561. The van der Waals surface area contributed by atoms with Crippen molar-refractivity contribution in [3.63, 3.8) is 0 Å². The normalized spacial score (nSPS) is 10.4. The Bertz CT molecular complexity index is 415. The Balaban J connectivity index is 2.60. The third-order valence-electron chi connectivity index (χ3n) is 2.15. The summed E-state index contributed by atoms with van der Waals surface area (Å²) < 4.78 is 5.02. The highest BCUT2D eigenvalue weighted by Gasteiger charge is 1.98. The number of ether oxygens (including phenoxy) is 1. The highest BCUT2D eigenvalue weighted by molar-refractivity contribution is 5.83. The van der Waals surface area contributed by atoms with Gasteiger partial charge in [-0.3, -0.25) is 0 Å². The van der Waals surface area contributed by atoms with Gasteiger partial charge in [0.25, 0.3) is 0 Å². The highest BCUT2D eigenvalue weighted by Crippen LogP contribution is 2.19. The molecule has 0 aliphatic carbocycles. The van der Waals surface area contributed by atoms with Crippen molar-refractivity contribution in [3.8, 4) is 5.88 Å². The number of hydrogen-bond donors (Lipinski definition) is 1. The number of methoxy groups -OCH3 is 1. The number of fused-ring (bicyclic) bond motifs is 1. The topological polar surface area (TPSA) is 42.4 Å². The predicted molar refractivity (Wildman–Crippen MR) is 54.2 cm³/mol. The fraction of sp³-hybridized carbons (Fsp3) is 0.182. The lowest BCUT2D eigenvalue weighted by molar-refractivity contribution is 0.282. The van der Waals surface area contributed by atoms with Crippen molar-refractivity contribution in [3.05, 3.63) is 36.0 Å². The molecule has 0 aliphatic rings. The van der Waals surface area contributed by atoms with Gasteiger partial charge in [-0.25, -0.2) is 4.98 Å². The Morgan fingerprint density at radius 2 is 2.14 bits per heavy atom. The minimum absolute atomic E-state index is 0.0561. The largest absolute Gasteiger partial charge is 0.481 e. The van der Waals surface area contributed by atoms with Crippen LogP contribution in [0.15, 0.2) is 30.5 Å². The predicted octanol–water partition coefficient (Wildman–Crippen LogP) is 1.74. The van der Waals surface area contributed by atoms with Gasteiger partial charge in [0.2, 0.25) is 5.88 Å². The lowest BCUT2D eigenvalue weighted by Crippen LogP contribution is -1.88. The summed E-state index contributed by atoms with van der Waals surface area (Å²) in [5.74, 6) is 0.590. The van der Waals surface area contributed by atoms with E-state index in [1.807, 2.05) is 24.3 Å². The van der Waals surface area contributed by atoms with E-state index in [4.69, 9.17) is 9.84 Å². The van der Waals surface area contributed by atoms with Gasteiger partial charge in [0, 0.05) is 17.6 Å². The molecule has 3 nitrogen and oxygen atoms in total. The molecule has 2 rings (SSSR count). The molecule has 1 N–H and O–H groups in total. The SMILES string of the molecule is COc1cc2cc(CO)ccc2cn1. The molecule has 1 aromatic heterocycles. The Kier molecular flexibility index (Phi) is 2.33. The number of hydrogen-bond acceptors (Lipinski definition) is 3. The number of aliphatic hydroxyl groups is 1. The van der Waals surface area contributed by atoms with Gasteiger partial charge in [0.05, 0.1) is 13.7 Å². The van der Waals surface area contributed by atoms with Crippen LogP contribution < -0.4 is 4.74 Å². The summed E-state index contributed by atoms with van der Waals surface area (Å²) >= 11 is 0. The van der Waals surface area contributed by atoms with Crippen LogP contribution in [-0.2, 0) is 6.61 Å². The van der Waals surface area contributed by atoms with Gasteiger partial charge < -0.3 is 9.84 Å². The Morgan fingerprint density at radius 1 is 1.29 bits per heavy atom. The Morgan fingerprint density at radius 3 is 2.86 bits per heavy atom. The second-order valence-corrected chi connectivity index (χ2v) is 3.07. The summed E-state index contributed by atoms with van der Waals surface area (Å²) in [4.78, 5) is 4.10. The minimum atomic E-state index is 0.0561. The summed E-state index contributed by atoms with van der Waals surface area (Å²) in [6.07, 6.45) is 1.76. The van der Waals surface area contributed by atoms with Crippen molar-refractivity contribution < 1.29 is 9.84 Å². The van der Waals surface area contributed by atoms with Crippen LogP contribution in [0, 0.1) is 0 Å². The molecule has 14 heavy (non-hydrogen) atoms. The second-order valence-electron chi connectivity index (χ2n) is 3.07. The third kappa shape index (κ3) is 1.54. The standard InChI is InChI=1S/C11H11NO2/c1-14-11-5-10-4-8(7-13)2-3-9(10)6-12-11/h2-6,13H,7H2,1H3. The Hall–Kier alpha value is -1.61. The number of aromatic nitrogens is 1. The number of pyridine rings is 1. The third-order valence-corrected chi connectivity index (χ3v) is 2.15. The van der Waals surface area contributed by atoms with E-state index in [0.29, 0.717) is 5.88 Å². The Labute approximate surface area is 82.0 Å². The van der Waals surface area contributed by atoms with Crippen molar-refractivity contribution in [2.24, 2.45) is 0 Å². The summed E-state index contributed by atoms with van der Waals surface area (Å²) in [7, 11) is 1.59. The number of aliphatic hydroxyl groups excluding tert-OH is 1. The molecule has 0 unspecified atom stereocenters. The van der Waals surface area contributed by atoms with E-state index in [-0.39, 0.29) is 6.61 Å². The average Bonchev–Trinajstić information content (AvgIpc) is 2.27. The lowest BCUT2D eigenvalue weighted by atomic mass is 10.1. The molecule has 0 aliphatic heterocycles. The van der Waals surface area contributed by atoms with Crippen molar-refractivity contribution in [2.75, 3.05) is 7.11 Å². The molecule has 0 amide bonds. The monoisotopic (exact) mass is 189 g/mol. The lowest BCUT2D eigenvalue weighted by Gasteiger charge is -2.02. The van der Waals surface area contributed by atoms with E-state index in [9.17, 15) is 0 Å². The molecule has 72 valence electrons. The molecular weight excluding hydrogens is 178 g/mol. The average molecular weight is 189 g/mol. The van der Waals surface area contributed by atoms with Gasteiger partial charge in [-0.15, -0.1) is 0 Å². The zero-order valence-corrected chi connectivity index (χ0v) is 7.90. The first-order valence-electron chi connectivity index (χ1n) is 4.37. The van der Waals surface area contributed by atoms with Crippen LogP contribution in [0.1, 0.15) is 5.56 Å². The molecule has 0 radical (unpaired) electrons. The van der Waals surface area contributed by atoms with Crippen LogP contribution in [0.25, 0.3) is 10.8 Å². The van der Waals surface area contributed by atoms with Gasteiger partial charge in [-0.05, 0) is 17.0 Å². The van der Waals surface area contributed by atoms with Crippen LogP contribution >= 0.6 is 0 Å². The molecule has 1 heterocycles. The van der Waals surface area contributed by atoms with Crippen LogP contribution in [0.5, 0.6) is 5.88 Å². The van der Waals surface area contributed by atoms with Gasteiger partial charge in [0.15, 0.2) is 0 Å². The highest BCUT2D eigenvalue weighted by atomic mass is 16.5. The number of rotatable bonds is 2. The summed E-state index contributed by atoms with van der Waals surface area (Å²) in [6, 6.07) is 7.61. The maximum absolute atomic E-state index is 8.98. The zero-order chi connectivity index (χ0) is 9.97. The second kappa shape index (κ2) is 3.64. The molecule has 0 atom stereocenters. The van der Waals surface area contributed by atoms with E-state index < -0.39 is 0 Å². The molecule has 0 saturated carbocycles. The molecule has 3 heteroatoms. The number of nitrogens with zero attached hydrogens (tertiary/aromatic N) is 1.